The highest BCUT2D eigenvalue weighted by Gasteiger charge is 2.22. The van der Waals surface area contributed by atoms with Crippen molar-refractivity contribution >= 4 is 29.2 Å². The third-order valence-corrected chi connectivity index (χ3v) is 6.36. The minimum atomic E-state index is -1.06. The Morgan fingerprint density at radius 3 is 2.27 bits per heavy atom. The maximum Gasteiger partial charge on any atom is 0.343 e. The lowest BCUT2D eigenvalue weighted by Gasteiger charge is -2.11. The van der Waals surface area contributed by atoms with Crippen molar-refractivity contribution in [2.24, 2.45) is 12.1 Å². The van der Waals surface area contributed by atoms with Crippen LogP contribution in [0.3, 0.4) is 0 Å². The van der Waals surface area contributed by atoms with E-state index in [4.69, 9.17) is 9.47 Å². The van der Waals surface area contributed by atoms with E-state index >= 15 is 0 Å². The number of aromatic nitrogens is 2. The van der Waals surface area contributed by atoms with Crippen molar-refractivity contribution in [3.8, 4) is 17.2 Å². The van der Waals surface area contributed by atoms with Gasteiger partial charge in [-0.25, -0.2) is 14.9 Å². The van der Waals surface area contributed by atoms with Gasteiger partial charge in [-0.3, -0.25) is 19.1 Å². The minimum Gasteiger partial charge on any atom is -0.493 e. The number of nitrogens with zero attached hydrogens (tertiary/aromatic N) is 3. The topological polar surface area (TPSA) is 133 Å². The summed E-state index contributed by atoms with van der Waals surface area (Å²) in [6.45, 7) is 5.15. The number of methoxy groups -OCH3 is 1. The molecule has 1 aromatic heterocycles. The molecular weight excluding hydrogens is 526 g/mol. The number of amides is 2. The Kier molecular flexibility index (Phi) is 8.47. The zero-order chi connectivity index (χ0) is 29.7. The number of aryl methyl sites for hydroxylation is 1. The second-order valence-electron chi connectivity index (χ2n) is 9.15. The number of rotatable bonds is 7. The predicted octanol–water partition coefficient (Wildman–Crippen LogP) is 3.50. The summed E-state index contributed by atoms with van der Waals surface area (Å²) in [5.41, 5.74) is 5.00. The average Bonchev–Trinajstić information content (AvgIpc) is 3.18. The summed E-state index contributed by atoms with van der Waals surface area (Å²) in [4.78, 5) is 50.6. The van der Waals surface area contributed by atoms with E-state index in [9.17, 15) is 19.2 Å². The van der Waals surface area contributed by atoms with Crippen LogP contribution in [0.1, 0.15) is 34.1 Å². The Morgan fingerprint density at radius 1 is 0.854 bits per heavy atom. The lowest BCUT2D eigenvalue weighted by Crippen LogP contribution is -2.34. The molecule has 4 rings (SSSR count). The van der Waals surface area contributed by atoms with Crippen LogP contribution in [0.25, 0.3) is 5.69 Å². The molecule has 210 valence electrons. The second-order valence-corrected chi connectivity index (χ2v) is 9.15. The largest absolute Gasteiger partial charge is 0.493 e. The van der Waals surface area contributed by atoms with Crippen LogP contribution in [0.5, 0.6) is 11.5 Å². The third kappa shape index (κ3) is 6.25. The first-order valence-corrected chi connectivity index (χ1v) is 12.6. The highest BCUT2D eigenvalue weighted by molar-refractivity contribution is 6.39. The highest BCUT2D eigenvalue weighted by Crippen LogP contribution is 2.29. The van der Waals surface area contributed by atoms with Gasteiger partial charge in [-0.15, -0.1) is 0 Å². The monoisotopic (exact) mass is 555 g/mol. The van der Waals surface area contributed by atoms with Gasteiger partial charge in [0.15, 0.2) is 11.5 Å². The van der Waals surface area contributed by atoms with E-state index < -0.39 is 23.3 Å². The number of esters is 1. The first-order chi connectivity index (χ1) is 19.6. The first kappa shape index (κ1) is 28.6. The Bertz CT molecular complexity index is 1720. The lowest BCUT2D eigenvalue weighted by atomic mass is 10.1. The SMILES string of the molecule is COc1cc(/C(C)=N/NC(=O)C(=O)Nc2c(C)n(C)n(-c3ccccc3)c2=O)ccc1OC(=O)c1cccc(C)c1. The van der Waals surface area contributed by atoms with Gasteiger partial charge in [0.25, 0.3) is 5.56 Å². The van der Waals surface area contributed by atoms with Crippen molar-refractivity contribution in [1.82, 2.24) is 14.8 Å². The van der Waals surface area contributed by atoms with E-state index in [1.807, 2.05) is 19.1 Å². The number of anilines is 1. The first-order valence-electron chi connectivity index (χ1n) is 12.6. The molecule has 0 atom stereocenters. The molecule has 0 saturated heterocycles. The molecule has 0 saturated carbocycles. The number of nitrogens with one attached hydrogen (secondary N) is 2. The zero-order valence-electron chi connectivity index (χ0n) is 23.2. The number of carbonyl (C=O) groups excluding carboxylic acids is 3. The van der Waals surface area contributed by atoms with Crippen LogP contribution >= 0.6 is 0 Å². The zero-order valence-corrected chi connectivity index (χ0v) is 23.2. The summed E-state index contributed by atoms with van der Waals surface area (Å²) in [6.07, 6.45) is 0. The minimum absolute atomic E-state index is 0.0160. The molecule has 2 N–H and O–H groups in total. The van der Waals surface area contributed by atoms with E-state index in [0.717, 1.165) is 5.56 Å². The normalized spacial score (nSPS) is 11.1. The maximum absolute atomic E-state index is 13.0. The van der Waals surface area contributed by atoms with Crippen molar-refractivity contribution in [2.45, 2.75) is 20.8 Å². The second kappa shape index (κ2) is 12.2. The van der Waals surface area contributed by atoms with Crippen molar-refractivity contribution in [3.63, 3.8) is 0 Å². The number of para-hydroxylation sites is 1. The number of benzene rings is 3. The Morgan fingerprint density at radius 2 is 1.59 bits per heavy atom. The third-order valence-electron chi connectivity index (χ3n) is 6.36. The number of hydrazone groups is 1. The van der Waals surface area contributed by atoms with Gasteiger partial charge in [0, 0.05) is 12.6 Å². The van der Waals surface area contributed by atoms with Crippen molar-refractivity contribution < 1.29 is 23.9 Å². The molecule has 0 aliphatic carbocycles. The number of carbonyl (C=O) groups is 3. The molecule has 0 spiro atoms. The van der Waals surface area contributed by atoms with E-state index in [0.29, 0.717) is 28.2 Å². The molecule has 0 aliphatic rings. The number of ether oxygens (including phenoxy) is 2. The summed E-state index contributed by atoms with van der Waals surface area (Å²) in [5.74, 6) is -2.17. The molecule has 3 aromatic carbocycles. The fourth-order valence-electron chi connectivity index (χ4n) is 4.04. The van der Waals surface area contributed by atoms with Gasteiger partial charge in [0.2, 0.25) is 0 Å². The van der Waals surface area contributed by atoms with Crippen LogP contribution in [0.2, 0.25) is 0 Å². The fourth-order valence-corrected chi connectivity index (χ4v) is 4.04. The van der Waals surface area contributed by atoms with Crippen molar-refractivity contribution in [1.29, 1.82) is 0 Å². The number of hydrogen-bond acceptors (Lipinski definition) is 7. The molecule has 0 radical (unpaired) electrons. The Labute approximate surface area is 236 Å². The lowest BCUT2D eigenvalue weighted by molar-refractivity contribution is -0.136. The van der Waals surface area contributed by atoms with Crippen LogP contribution in [0.4, 0.5) is 5.69 Å². The van der Waals surface area contributed by atoms with Crippen LogP contribution < -0.4 is 25.8 Å². The van der Waals surface area contributed by atoms with E-state index in [-0.39, 0.29) is 17.2 Å². The van der Waals surface area contributed by atoms with Crippen LogP contribution in [-0.4, -0.2) is 40.0 Å². The van der Waals surface area contributed by atoms with E-state index in [1.165, 1.54) is 11.8 Å². The van der Waals surface area contributed by atoms with Gasteiger partial charge in [0.05, 0.1) is 29.8 Å². The van der Waals surface area contributed by atoms with Gasteiger partial charge in [0.1, 0.15) is 5.69 Å². The molecular formula is C30H29N5O6. The van der Waals surface area contributed by atoms with Crippen molar-refractivity contribution in [2.75, 3.05) is 12.4 Å². The van der Waals surface area contributed by atoms with Gasteiger partial charge < -0.3 is 14.8 Å². The molecule has 0 fully saturated rings. The summed E-state index contributed by atoms with van der Waals surface area (Å²) in [5, 5.41) is 6.39. The molecule has 2 amide bonds. The molecule has 1 heterocycles. The maximum atomic E-state index is 13.0. The summed E-state index contributed by atoms with van der Waals surface area (Å²) < 4.78 is 13.9. The van der Waals surface area contributed by atoms with E-state index in [2.05, 4.69) is 15.8 Å². The molecule has 11 nitrogen and oxygen atoms in total. The van der Waals surface area contributed by atoms with Gasteiger partial charge in [-0.1, -0.05) is 35.9 Å². The smallest absolute Gasteiger partial charge is 0.343 e. The predicted molar refractivity (Wildman–Crippen MR) is 154 cm³/mol. The Hall–Kier alpha value is -5.45. The highest BCUT2D eigenvalue weighted by atomic mass is 16.6. The molecule has 0 bridgehead atoms. The van der Waals surface area contributed by atoms with Crippen molar-refractivity contribution in [3.05, 3.63) is 106 Å². The molecule has 4 aromatic rings. The summed E-state index contributed by atoms with van der Waals surface area (Å²) in [6, 6.07) is 20.7. The molecule has 0 aliphatic heterocycles. The Balaban J connectivity index is 1.45. The fraction of sp³-hybridized carbons (Fsp3) is 0.167. The van der Waals surface area contributed by atoms with Crippen LogP contribution in [0, 0.1) is 13.8 Å². The summed E-state index contributed by atoms with van der Waals surface area (Å²) >= 11 is 0. The summed E-state index contributed by atoms with van der Waals surface area (Å²) in [7, 11) is 3.11. The standard InChI is InChI=1S/C30H29N5O6/c1-18-10-9-11-22(16-18)30(39)41-24-15-14-21(17-25(24)40-5)19(2)32-33-28(37)27(36)31-26-20(3)34(4)35(29(26)38)23-12-7-6-8-13-23/h6-17H,1-5H3,(H,31,36)(H,33,37)/b32-19+. The quantitative estimate of drug-likeness (QED) is 0.118. The van der Waals surface area contributed by atoms with Gasteiger partial charge in [-0.05, 0) is 63.2 Å². The molecule has 0 unspecified atom stereocenters. The molecule has 11 heteroatoms. The average molecular weight is 556 g/mol. The van der Waals surface area contributed by atoms with Crippen LogP contribution in [-0.2, 0) is 16.6 Å². The van der Waals surface area contributed by atoms with E-state index in [1.54, 1.807) is 86.2 Å². The van der Waals surface area contributed by atoms with Gasteiger partial charge >= 0.3 is 17.8 Å². The molecule has 41 heavy (non-hydrogen) atoms. The van der Waals surface area contributed by atoms with Gasteiger partial charge in [-0.2, -0.15) is 5.10 Å². The van der Waals surface area contributed by atoms with Crippen LogP contribution in [0.15, 0.2) is 82.7 Å². The number of hydrogen-bond donors (Lipinski definition) is 2.